The van der Waals surface area contributed by atoms with Gasteiger partial charge in [-0.3, -0.25) is 0 Å². The number of hydrogen-bond acceptors (Lipinski definition) is 3. The fraction of sp³-hybridized carbons (Fsp3) is 0. The zero-order valence-electron chi connectivity index (χ0n) is 7.07. The van der Waals surface area contributed by atoms with Crippen molar-refractivity contribution in [3.05, 3.63) is 28.8 Å². The Morgan fingerprint density at radius 3 is 3.00 bits per heavy atom. The number of nitrogens with two attached hydrogens (primary N) is 1. The second-order valence-corrected chi connectivity index (χ2v) is 2.85. The highest BCUT2D eigenvalue weighted by atomic mass is 35.5. The monoisotopic (exact) mass is 213 g/mol. The highest BCUT2D eigenvalue weighted by molar-refractivity contribution is 6.33. The molecule has 6 heteroatoms. The van der Waals surface area contributed by atoms with Gasteiger partial charge in [-0.2, -0.15) is 5.10 Å². The lowest BCUT2D eigenvalue weighted by Gasteiger charge is -1.98. The van der Waals surface area contributed by atoms with E-state index in [0.29, 0.717) is 10.6 Å². The van der Waals surface area contributed by atoms with Crippen LogP contribution in [0.4, 0.5) is 4.79 Å². The maximum atomic E-state index is 10.3. The van der Waals surface area contributed by atoms with Crippen LogP contribution in [0.2, 0.25) is 5.02 Å². The number of urea groups is 1. The van der Waals surface area contributed by atoms with Gasteiger partial charge in [-0.1, -0.05) is 11.6 Å². The van der Waals surface area contributed by atoms with E-state index in [1.807, 2.05) is 5.43 Å². The average Bonchev–Trinajstić information content (AvgIpc) is 2.10. The van der Waals surface area contributed by atoms with Crippen LogP contribution in [0.25, 0.3) is 0 Å². The van der Waals surface area contributed by atoms with E-state index in [9.17, 15) is 4.79 Å². The van der Waals surface area contributed by atoms with Crippen LogP contribution in [0.3, 0.4) is 0 Å². The van der Waals surface area contributed by atoms with E-state index in [4.69, 9.17) is 22.4 Å². The van der Waals surface area contributed by atoms with Gasteiger partial charge in [0.2, 0.25) is 0 Å². The molecular formula is C8H8ClN3O2. The van der Waals surface area contributed by atoms with Crippen molar-refractivity contribution in [2.24, 2.45) is 10.8 Å². The van der Waals surface area contributed by atoms with Crippen LogP contribution in [-0.4, -0.2) is 17.4 Å². The fourth-order valence-corrected chi connectivity index (χ4v) is 0.962. The molecule has 74 valence electrons. The number of carbonyl (C=O) groups excluding carboxylic acids is 1. The lowest BCUT2D eigenvalue weighted by molar-refractivity contribution is 0.249. The van der Waals surface area contributed by atoms with Crippen LogP contribution in [-0.2, 0) is 0 Å². The maximum Gasteiger partial charge on any atom is 0.332 e. The molecule has 0 radical (unpaired) electrons. The molecule has 1 aromatic rings. The lowest BCUT2D eigenvalue weighted by Crippen LogP contribution is -2.24. The molecule has 0 spiro atoms. The van der Waals surface area contributed by atoms with Crippen LogP contribution in [0.1, 0.15) is 5.56 Å². The molecule has 0 aliphatic heterocycles. The highest BCUT2D eigenvalue weighted by Gasteiger charge is 1.98. The first-order valence-corrected chi connectivity index (χ1v) is 4.04. The fourth-order valence-electron chi connectivity index (χ4n) is 0.796. The number of rotatable bonds is 2. The van der Waals surface area contributed by atoms with Gasteiger partial charge in [-0.15, -0.1) is 0 Å². The van der Waals surface area contributed by atoms with E-state index in [0.717, 1.165) is 0 Å². The summed E-state index contributed by atoms with van der Waals surface area (Å²) in [5.74, 6) is 0.0647. The van der Waals surface area contributed by atoms with E-state index >= 15 is 0 Å². The summed E-state index contributed by atoms with van der Waals surface area (Å²) in [5, 5.41) is 13.0. The van der Waals surface area contributed by atoms with Crippen molar-refractivity contribution in [1.29, 1.82) is 0 Å². The summed E-state index contributed by atoms with van der Waals surface area (Å²) in [7, 11) is 0. The summed E-state index contributed by atoms with van der Waals surface area (Å²) in [6.45, 7) is 0. The predicted molar refractivity (Wildman–Crippen MR) is 53.4 cm³/mol. The van der Waals surface area contributed by atoms with Crippen molar-refractivity contribution in [3.63, 3.8) is 0 Å². The molecule has 0 fully saturated rings. The van der Waals surface area contributed by atoms with Gasteiger partial charge in [0.25, 0.3) is 0 Å². The predicted octanol–water partition coefficient (Wildman–Crippen LogP) is 1.05. The van der Waals surface area contributed by atoms with Crippen molar-refractivity contribution in [2.75, 3.05) is 0 Å². The van der Waals surface area contributed by atoms with Gasteiger partial charge in [0.15, 0.2) is 0 Å². The third kappa shape index (κ3) is 2.95. The van der Waals surface area contributed by atoms with Gasteiger partial charge in [-0.05, 0) is 18.2 Å². The molecule has 0 bridgehead atoms. The molecule has 0 unspecified atom stereocenters. The number of hydrazone groups is 1. The van der Waals surface area contributed by atoms with Crippen molar-refractivity contribution in [1.82, 2.24) is 5.43 Å². The van der Waals surface area contributed by atoms with E-state index < -0.39 is 6.03 Å². The number of halogens is 1. The first-order chi connectivity index (χ1) is 6.59. The zero-order valence-corrected chi connectivity index (χ0v) is 7.82. The normalized spacial score (nSPS) is 10.4. The summed E-state index contributed by atoms with van der Waals surface area (Å²) in [4.78, 5) is 10.3. The van der Waals surface area contributed by atoms with Gasteiger partial charge in [0.1, 0.15) is 5.75 Å². The number of phenols is 1. The number of nitrogens with zero attached hydrogens (tertiary/aromatic N) is 1. The summed E-state index contributed by atoms with van der Waals surface area (Å²) >= 11 is 5.77. The van der Waals surface area contributed by atoms with Gasteiger partial charge < -0.3 is 10.8 Å². The minimum atomic E-state index is -0.766. The van der Waals surface area contributed by atoms with Gasteiger partial charge in [0, 0.05) is 10.6 Å². The van der Waals surface area contributed by atoms with Crippen LogP contribution in [0.15, 0.2) is 23.3 Å². The molecular weight excluding hydrogens is 206 g/mol. The number of primary amides is 1. The molecule has 14 heavy (non-hydrogen) atoms. The van der Waals surface area contributed by atoms with E-state index in [1.165, 1.54) is 24.4 Å². The first-order valence-electron chi connectivity index (χ1n) is 3.66. The molecule has 5 nitrogen and oxygen atoms in total. The molecule has 0 aliphatic carbocycles. The minimum Gasteiger partial charge on any atom is -0.508 e. The SMILES string of the molecule is NC(=O)N/N=C/c1cc(O)ccc1Cl. The van der Waals surface area contributed by atoms with E-state index in [2.05, 4.69) is 5.10 Å². The Morgan fingerprint density at radius 1 is 1.64 bits per heavy atom. The number of benzene rings is 1. The van der Waals surface area contributed by atoms with Crippen LogP contribution in [0, 0.1) is 0 Å². The Bertz CT molecular complexity index is 379. The van der Waals surface area contributed by atoms with Gasteiger partial charge in [-0.25, -0.2) is 10.2 Å². The van der Waals surface area contributed by atoms with Gasteiger partial charge in [0.05, 0.1) is 6.21 Å². The first kappa shape index (κ1) is 10.3. The molecule has 4 N–H and O–H groups in total. The largest absolute Gasteiger partial charge is 0.508 e. The second-order valence-electron chi connectivity index (χ2n) is 2.44. The number of nitrogens with one attached hydrogen (secondary N) is 1. The van der Waals surface area contributed by atoms with Crippen LogP contribution in [0.5, 0.6) is 5.75 Å². The Morgan fingerprint density at radius 2 is 2.36 bits per heavy atom. The topological polar surface area (TPSA) is 87.7 Å². The molecule has 2 amide bonds. The standard InChI is InChI=1S/C8H8ClN3O2/c9-7-2-1-6(13)3-5(7)4-11-12-8(10)14/h1-4,13H,(H3,10,12,14)/b11-4+. The van der Waals surface area contributed by atoms with Crippen LogP contribution >= 0.6 is 11.6 Å². The third-order valence-corrected chi connectivity index (χ3v) is 1.70. The zero-order chi connectivity index (χ0) is 10.6. The Hall–Kier alpha value is -1.75. The third-order valence-electron chi connectivity index (χ3n) is 1.36. The number of phenolic OH excluding ortho intramolecular Hbond substituents is 1. The molecule has 0 atom stereocenters. The summed E-state index contributed by atoms with van der Waals surface area (Å²) < 4.78 is 0. The van der Waals surface area contributed by atoms with Crippen molar-refractivity contribution >= 4 is 23.8 Å². The molecule has 0 saturated heterocycles. The van der Waals surface area contributed by atoms with Gasteiger partial charge >= 0.3 is 6.03 Å². The second kappa shape index (κ2) is 4.48. The van der Waals surface area contributed by atoms with Crippen molar-refractivity contribution < 1.29 is 9.90 Å². The Labute approximate surface area is 85.2 Å². The van der Waals surface area contributed by atoms with E-state index in [-0.39, 0.29) is 5.75 Å². The summed E-state index contributed by atoms with van der Waals surface area (Å²) in [5.41, 5.74) is 7.27. The minimum absolute atomic E-state index is 0.0647. The average molecular weight is 214 g/mol. The smallest absolute Gasteiger partial charge is 0.332 e. The molecule has 0 saturated carbocycles. The lowest BCUT2D eigenvalue weighted by atomic mass is 10.2. The van der Waals surface area contributed by atoms with Crippen molar-refractivity contribution in [3.8, 4) is 5.75 Å². The summed E-state index contributed by atoms with van der Waals surface area (Å²) in [6.07, 6.45) is 1.28. The quantitative estimate of drug-likeness (QED) is 0.507. The van der Waals surface area contributed by atoms with Crippen LogP contribution < -0.4 is 11.2 Å². The molecule has 1 rings (SSSR count). The molecule has 0 heterocycles. The number of amides is 2. The highest BCUT2D eigenvalue weighted by Crippen LogP contribution is 2.19. The maximum absolute atomic E-state index is 10.3. The Kier molecular flexibility index (Phi) is 3.30. The Balaban J connectivity index is 2.80. The number of carbonyl (C=O) groups is 1. The number of aromatic hydroxyl groups is 1. The molecule has 0 aliphatic rings. The number of hydrogen-bond donors (Lipinski definition) is 3. The van der Waals surface area contributed by atoms with E-state index in [1.54, 1.807) is 0 Å². The molecule has 1 aromatic carbocycles. The summed E-state index contributed by atoms with van der Waals surface area (Å²) in [6, 6.07) is 3.61. The van der Waals surface area contributed by atoms with Crippen molar-refractivity contribution in [2.45, 2.75) is 0 Å². The molecule has 0 aromatic heterocycles.